The number of benzene rings is 3. The van der Waals surface area contributed by atoms with Gasteiger partial charge in [-0.15, -0.1) is 0 Å². The summed E-state index contributed by atoms with van der Waals surface area (Å²) in [4.78, 5) is 47.4. The lowest BCUT2D eigenvalue weighted by atomic mass is 10.1. The van der Waals surface area contributed by atoms with Crippen molar-refractivity contribution in [1.82, 2.24) is 10.2 Å². The average Bonchev–Trinajstić information content (AvgIpc) is 3.18. The zero-order valence-corrected chi connectivity index (χ0v) is 22.8. The van der Waals surface area contributed by atoms with Crippen LogP contribution in [0, 0.1) is 0 Å². The number of hydrogen-bond acceptors (Lipinski definition) is 8. The summed E-state index contributed by atoms with van der Waals surface area (Å²) in [6.07, 6.45) is 0.231. The third-order valence-corrected chi connectivity index (χ3v) is 6.86. The van der Waals surface area contributed by atoms with E-state index in [0.717, 1.165) is 4.90 Å². The molecular formula is C27H26ClN2O9P. The molecule has 1 unspecified atom stereocenters. The van der Waals surface area contributed by atoms with E-state index in [4.69, 9.17) is 30.1 Å². The Hall–Kier alpha value is -3.73. The van der Waals surface area contributed by atoms with E-state index in [1.807, 2.05) is 0 Å². The van der Waals surface area contributed by atoms with E-state index in [0.29, 0.717) is 22.3 Å². The van der Waals surface area contributed by atoms with Crippen LogP contribution >= 0.6 is 19.4 Å². The summed E-state index contributed by atoms with van der Waals surface area (Å²) >= 11 is 5.86. The van der Waals surface area contributed by atoms with Gasteiger partial charge in [-0.3, -0.25) is 28.3 Å². The Balaban J connectivity index is 1.07. The molecule has 0 saturated heterocycles. The van der Waals surface area contributed by atoms with E-state index in [1.165, 1.54) is 0 Å². The van der Waals surface area contributed by atoms with Gasteiger partial charge in [0.1, 0.15) is 17.2 Å². The molecule has 1 aliphatic heterocycles. The summed E-state index contributed by atoms with van der Waals surface area (Å²) < 4.78 is 33.0. The summed E-state index contributed by atoms with van der Waals surface area (Å²) in [5.74, 6) is 0.336. The Kier molecular flexibility index (Phi) is 9.92. The van der Waals surface area contributed by atoms with Crippen molar-refractivity contribution >= 4 is 37.1 Å². The number of imide groups is 1. The molecule has 3 aromatic carbocycles. The van der Waals surface area contributed by atoms with Crippen molar-refractivity contribution in [3.05, 3.63) is 88.9 Å². The van der Waals surface area contributed by atoms with Crippen molar-refractivity contribution in [1.29, 1.82) is 0 Å². The molecule has 3 aromatic rings. The Labute approximate surface area is 235 Å². The molecule has 0 fully saturated rings. The average molecular weight is 589 g/mol. The minimum Gasteiger partial charge on any atom is -0.484 e. The van der Waals surface area contributed by atoms with E-state index in [2.05, 4.69) is 5.32 Å². The van der Waals surface area contributed by atoms with Crippen LogP contribution in [0.25, 0.3) is 0 Å². The molecule has 0 spiro atoms. The van der Waals surface area contributed by atoms with Gasteiger partial charge in [0, 0.05) is 11.6 Å². The van der Waals surface area contributed by atoms with Crippen molar-refractivity contribution in [2.24, 2.45) is 0 Å². The van der Waals surface area contributed by atoms with E-state index in [9.17, 15) is 23.8 Å². The summed E-state index contributed by atoms with van der Waals surface area (Å²) in [6, 6.07) is 20.0. The second-order valence-corrected chi connectivity index (χ2v) is 10.4. The van der Waals surface area contributed by atoms with E-state index in [-0.39, 0.29) is 56.4 Å². The van der Waals surface area contributed by atoms with Gasteiger partial charge in [-0.25, -0.2) is 4.57 Å². The summed E-state index contributed by atoms with van der Waals surface area (Å²) in [5, 5.41) is 3.22. The molecule has 0 saturated carbocycles. The van der Waals surface area contributed by atoms with Gasteiger partial charge >= 0.3 is 7.82 Å². The zero-order chi connectivity index (χ0) is 28.5. The minimum absolute atomic E-state index is 0.170. The third-order valence-electron chi connectivity index (χ3n) is 5.59. The monoisotopic (exact) mass is 588 g/mol. The number of phosphoric ester groups is 1. The van der Waals surface area contributed by atoms with Crippen molar-refractivity contribution in [3.8, 4) is 17.2 Å². The number of phosphoric acid groups is 1. The molecule has 1 atom stereocenters. The molecule has 0 aliphatic carbocycles. The van der Waals surface area contributed by atoms with E-state index >= 15 is 0 Å². The fourth-order valence-electron chi connectivity index (χ4n) is 3.65. The van der Waals surface area contributed by atoms with E-state index < -0.39 is 19.6 Å². The van der Waals surface area contributed by atoms with Crippen LogP contribution in [-0.2, 0) is 18.4 Å². The second kappa shape index (κ2) is 13.6. The van der Waals surface area contributed by atoms with Crippen molar-refractivity contribution < 1.29 is 42.4 Å². The molecule has 210 valence electrons. The molecular weight excluding hydrogens is 563 g/mol. The van der Waals surface area contributed by atoms with E-state index in [1.54, 1.807) is 72.8 Å². The summed E-state index contributed by atoms with van der Waals surface area (Å²) in [7, 11) is -4.41. The number of ether oxygens (including phenoxy) is 2. The highest BCUT2D eigenvalue weighted by atomic mass is 35.5. The Morgan fingerprint density at radius 2 is 1.40 bits per heavy atom. The van der Waals surface area contributed by atoms with Crippen LogP contribution in [0.15, 0.2) is 72.8 Å². The normalized spacial score (nSPS) is 14.0. The maximum atomic E-state index is 12.3. The number of amides is 3. The molecule has 40 heavy (non-hydrogen) atoms. The van der Waals surface area contributed by atoms with Crippen LogP contribution in [0.1, 0.15) is 27.1 Å². The molecule has 13 heteroatoms. The van der Waals surface area contributed by atoms with Gasteiger partial charge in [0.25, 0.3) is 17.7 Å². The first-order valence-corrected chi connectivity index (χ1v) is 14.1. The highest BCUT2D eigenvalue weighted by Crippen LogP contribution is 2.43. The summed E-state index contributed by atoms with van der Waals surface area (Å²) in [6.45, 7) is -0.796. The van der Waals surface area contributed by atoms with Crippen molar-refractivity contribution in [3.63, 3.8) is 0 Å². The van der Waals surface area contributed by atoms with Crippen LogP contribution < -0.4 is 14.8 Å². The van der Waals surface area contributed by atoms with Gasteiger partial charge in [0.2, 0.25) is 0 Å². The molecule has 0 aromatic heterocycles. The maximum absolute atomic E-state index is 12.3. The lowest BCUT2D eigenvalue weighted by molar-refractivity contribution is -0.123. The minimum atomic E-state index is -4.41. The second-order valence-electron chi connectivity index (χ2n) is 8.46. The van der Waals surface area contributed by atoms with Crippen molar-refractivity contribution in [2.75, 3.05) is 32.9 Å². The van der Waals surface area contributed by atoms with Crippen LogP contribution in [0.2, 0.25) is 5.02 Å². The largest absolute Gasteiger partial charge is 0.484 e. The fourth-order valence-corrected chi connectivity index (χ4v) is 4.52. The van der Waals surface area contributed by atoms with Gasteiger partial charge in [0.15, 0.2) is 6.61 Å². The molecule has 2 N–H and O–H groups in total. The van der Waals surface area contributed by atoms with Crippen LogP contribution in [0.3, 0.4) is 0 Å². The SMILES string of the molecule is O=C(COc1ccc(Oc2ccc(Cl)cc2)cc1)NCCCOP(=O)(O)OCCN1C(=O)c2ccccc2C1=O. The zero-order valence-electron chi connectivity index (χ0n) is 21.2. The predicted octanol–water partition coefficient (Wildman–Crippen LogP) is 4.45. The number of carbonyl (C=O) groups is 3. The van der Waals surface area contributed by atoms with Crippen LogP contribution in [0.5, 0.6) is 17.2 Å². The topological polar surface area (TPSA) is 141 Å². The fraction of sp³-hybridized carbons (Fsp3) is 0.222. The number of carbonyl (C=O) groups excluding carboxylic acids is 3. The van der Waals surface area contributed by atoms with Gasteiger partial charge in [-0.1, -0.05) is 23.7 Å². The Morgan fingerprint density at radius 3 is 2.02 bits per heavy atom. The molecule has 3 amide bonds. The first-order chi connectivity index (χ1) is 19.2. The highest BCUT2D eigenvalue weighted by Gasteiger charge is 2.35. The molecule has 1 aliphatic rings. The molecule has 0 bridgehead atoms. The van der Waals surface area contributed by atoms with Gasteiger partial charge in [0.05, 0.1) is 30.9 Å². The Morgan fingerprint density at radius 1 is 0.850 bits per heavy atom. The summed E-state index contributed by atoms with van der Waals surface area (Å²) in [5.41, 5.74) is 0.558. The number of rotatable bonds is 14. The first kappa shape index (κ1) is 29.3. The smallest absolute Gasteiger partial charge is 0.472 e. The van der Waals surface area contributed by atoms with Crippen molar-refractivity contribution in [2.45, 2.75) is 6.42 Å². The maximum Gasteiger partial charge on any atom is 0.472 e. The van der Waals surface area contributed by atoms with Gasteiger partial charge in [-0.2, -0.15) is 0 Å². The lowest BCUT2D eigenvalue weighted by Crippen LogP contribution is -2.32. The van der Waals surface area contributed by atoms with Gasteiger partial charge < -0.3 is 19.7 Å². The lowest BCUT2D eigenvalue weighted by Gasteiger charge is -2.16. The standard InChI is InChI=1S/C27H26ClN2O9P/c28-19-6-8-21(9-7-19)39-22-12-10-20(11-13-22)36-18-25(31)29-14-3-16-37-40(34,35)38-17-15-30-26(32)23-4-1-2-5-24(23)27(30)33/h1-2,4-13H,3,14-18H2,(H,29,31)(H,34,35). The van der Waals surface area contributed by atoms with Crippen LogP contribution in [0.4, 0.5) is 0 Å². The quantitative estimate of drug-likeness (QED) is 0.159. The first-order valence-electron chi connectivity index (χ1n) is 12.2. The Bertz CT molecular complexity index is 1360. The number of fused-ring (bicyclic) bond motifs is 1. The number of nitrogens with one attached hydrogen (secondary N) is 1. The predicted molar refractivity (Wildman–Crippen MR) is 145 cm³/mol. The highest BCUT2D eigenvalue weighted by molar-refractivity contribution is 7.47. The number of halogens is 1. The number of nitrogens with zero attached hydrogens (tertiary/aromatic N) is 1. The molecule has 4 rings (SSSR count). The molecule has 1 heterocycles. The molecule has 0 radical (unpaired) electrons. The van der Waals surface area contributed by atoms with Crippen LogP contribution in [-0.4, -0.2) is 60.4 Å². The van der Waals surface area contributed by atoms with Gasteiger partial charge in [-0.05, 0) is 67.1 Å². The number of hydrogen-bond donors (Lipinski definition) is 2. The third kappa shape index (κ3) is 8.14. The molecule has 11 nitrogen and oxygen atoms in total.